The van der Waals surface area contributed by atoms with Gasteiger partial charge in [-0.2, -0.15) is 0 Å². The minimum atomic E-state index is -1.23. The monoisotopic (exact) mass is 545 g/mol. The fourth-order valence-electron chi connectivity index (χ4n) is 5.78. The molecule has 9 nitrogen and oxygen atoms in total. The summed E-state index contributed by atoms with van der Waals surface area (Å²) >= 11 is 0. The number of allylic oxidation sites excluding steroid dienone is 2. The van der Waals surface area contributed by atoms with Crippen molar-refractivity contribution in [2.24, 2.45) is 5.41 Å². The van der Waals surface area contributed by atoms with Crippen molar-refractivity contribution >= 4 is 36.4 Å². The number of carbonyl (C=O) groups excluding carboxylic acids is 1. The van der Waals surface area contributed by atoms with E-state index in [1.807, 2.05) is 11.0 Å². The van der Waals surface area contributed by atoms with Gasteiger partial charge in [0.05, 0.1) is 16.6 Å². The first kappa shape index (κ1) is 27.2. The molecule has 0 atom stereocenters. The second-order valence-corrected chi connectivity index (χ2v) is 17.6. The number of ether oxygens (including phenoxy) is 1. The van der Waals surface area contributed by atoms with E-state index in [1.165, 1.54) is 18.0 Å². The van der Waals surface area contributed by atoms with E-state index in [-0.39, 0.29) is 11.3 Å². The Morgan fingerprint density at radius 3 is 2.54 bits per heavy atom. The standard InChI is InChI=1S/C29H39N7O2Si/c1-5-22(37)35-15-11-29(12-16-35)9-7-21(8-10-29)25-23(27-31-13-6-14-32-27)24-26(30)33-19-34-28(24)36(25)20-38-17-18-39(2,3)4/h5-7,13-14,19H,1,8-12,15-18,20H2,2-4H3,(H2,30,33,34). The summed E-state index contributed by atoms with van der Waals surface area (Å²) in [6.07, 6.45) is 13.8. The van der Waals surface area contributed by atoms with E-state index < -0.39 is 8.07 Å². The zero-order valence-corrected chi connectivity index (χ0v) is 24.3. The predicted octanol–water partition coefficient (Wildman–Crippen LogP) is 5.14. The van der Waals surface area contributed by atoms with Crippen molar-refractivity contribution in [2.75, 3.05) is 25.4 Å². The summed E-state index contributed by atoms with van der Waals surface area (Å²) in [5.41, 5.74) is 10.5. The lowest BCUT2D eigenvalue weighted by Gasteiger charge is -2.43. The van der Waals surface area contributed by atoms with Crippen LogP contribution in [0, 0.1) is 5.41 Å². The van der Waals surface area contributed by atoms with E-state index in [1.54, 1.807) is 12.4 Å². The van der Waals surface area contributed by atoms with Crippen molar-refractivity contribution in [3.8, 4) is 11.4 Å². The molecule has 206 valence electrons. The second-order valence-electron chi connectivity index (χ2n) is 12.0. The van der Waals surface area contributed by atoms with E-state index in [4.69, 9.17) is 10.5 Å². The number of nitrogens with zero attached hydrogens (tertiary/aromatic N) is 6. The number of nitrogen functional groups attached to an aromatic ring is 1. The van der Waals surface area contributed by atoms with Gasteiger partial charge in [-0.15, -0.1) is 0 Å². The number of amides is 1. The van der Waals surface area contributed by atoms with Gasteiger partial charge >= 0.3 is 0 Å². The molecule has 10 heteroatoms. The van der Waals surface area contributed by atoms with Gasteiger partial charge in [0.1, 0.15) is 24.5 Å². The smallest absolute Gasteiger partial charge is 0.245 e. The van der Waals surface area contributed by atoms with E-state index >= 15 is 0 Å². The average Bonchev–Trinajstić information content (AvgIpc) is 3.27. The number of fused-ring (bicyclic) bond motifs is 1. The predicted molar refractivity (Wildman–Crippen MR) is 157 cm³/mol. The maximum Gasteiger partial charge on any atom is 0.245 e. The molecule has 1 fully saturated rings. The summed E-state index contributed by atoms with van der Waals surface area (Å²) in [7, 11) is -1.23. The second kappa shape index (κ2) is 11.0. The Morgan fingerprint density at radius 1 is 1.15 bits per heavy atom. The Hall–Kier alpha value is -3.37. The van der Waals surface area contributed by atoms with Crippen molar-refractivity contribution in [1.82, 2.24) is 29.4 Å². The van der Waals surface area contributed by atoms with Crippen molar-refractivity contribution in [3.63, 3.8) is 0 Å². The molecule has 39 heavy (non-hydrogen) atoms. The molecule has 0 unspecified atom stereocenters. The number of rotatable bonds is 8. The van der Waals surface area contributed by atoms with Gasteiger partial charge < -0.3 is 19.9 Å². The number of nitrogens with two attached hydrogens (primary N) is 1. The molecule has 2 aliphatic rings. The van der Waals surface area contributed by atoms with Crippen LogP contribution in [-0.2, 0) is 16.3 Å². The molecule has 0 saturated carbocycles. The number of piperidine rings is 1. The number of aromatic nitrogens is 5. The molecule has 1 saturated heterocycles. The largest absolute Gasteiger partial charge is 0.383 e. The highest BCUT2D eigenvalue weighted by Crippen LogP contribution is 2.48. The molecular weight excluding hydrogens is 506 g/mol. The average molecular weight is 546 g/mol. The molecule has 3 aromatic heterocycles. The third-order valence-corrected chi connectivity index (χ3v) is 9.90. The van der Waals surface area contributed by atoms with Crippen molar-refractivity contribution in [3.05, 3.63) is 49.2 Å². The lowest BCUT2D eigenvalue weighted by atomic mass is 9.68. The molecule has 0 radical (unpaired) electrons. The topological polar surface area (TPSA) is 112 Å². The normalized spacial score (nSPS) is 17.4. The molecule has 1 aliphatic carbocycles. The Bertz CT molecular complexity index is 1390. The molecule has 3 aromatic rings. The minimum Gasteiger partial charge on any atom is -0.383 e. The van der Waals surface area contributed by atoms with Gasteiger partial charge in [-0.25, -0.2) is 19.9 Å². The molecule has 1 aliphatic heterocycles. The van der Waals surface area contributed by atoms with Crippen LogP contribution >= 0.6 is 0 Å². The zero-order chi connectivity index (χ0) is 27.6. The molecule has 2 N–H and O–H groups in total. The number of hydrogen-bond donors (Lipinski definition) is 1. The SMILES string of the molecule is C=CC(=O)N1CCC2(CC=C(c3c(-c4ncccn4)c4c(N)ncnc4n3COCC[Si](C)(C)C)CC2)CC1. The van der Waals surface area contributed by atoms with E-state index in [0.29, 0.717) is 25.0 Å². The highest BCUT2D eigenvalue weighted by molar-refractivity contribution is 6.76. The Morgan fingerprint density at radius 2 is 1.90 bits per heavy atom. The number of likely N-dealkylation sites (tertiary alicyclic amines) is 1. The van der Waals surface area contributed by atoms with Crippen LogP contribution in [0.15, 0.2) is 43.5 Å². The molecule has 0 aromatic carbocycles. The zero-order valence-electron chi connectivity index (χ0n) is 23.3. The lowest BCUT2D eigenvalue weighted by molar-refractivity contribution is -0.128. The first-order valence-corrected chi connectivity index (χ1v) is 17.5. The van der Waals surface area contributed by atoms with Gasteiger partial charge in [0, 0.05) is 40.2 Å². The van der Waals surface area contributed by atoms with Crippen LogP contribution in [0.2, 0.25) is 25.7 Å². The molecule has 4 heterocycles. The Balaban J connectivity index is 1.53. The molecule has 0 bridgehead atoms. The van der Waals surface area contributed by atoms with Crippen molar-refractivity contribution in [1.29, 1.82) is 0 Å². The first-order chi connectivity index (χ1) is 18.7. The summed E-state index contributed by atoms with van der Waals surface area (Å²) in [6.45, 7) is 13.4. The molecule has 1 amide bonds. The number of hydrogen-bond acceptors (Lipinski definition) is 7. The van der Waals surface area contributed by atoms with E-state index in [9.17, 15) is 4.79 Å². The minimum absolute atomic E-state index is 0.0294. The maximum absolute atomic E-state index is 12.1. The highest BCUT2D eigenvalue weighted by Gasteiger charge is 2.38. The quantitative estimate of drug-likeness (QED) is 0.237. The van der Waals surface area contributed by atoms with Crippen LogP contribution in [0.3, 0.4) is 0 Å². The molecule has 1 spiro atoms. The highest BCUT2D eigenvalue weighted by atomic mass is 28.3. The van der Waals surface area contributed by atoms with Gasteiger partial charge in [0.2, 0.25) is 5.91 Å². The van der Waals surface area contributed by atoms with Gasteiger partial charge in [0.25, 0.3) is 0 Å². The van der Waals surface area contributed by atoms with Crippen LogP contribution in [-0.4, -0.2) is 63.1 Å². The molecule has 5 rings (SSSR count). The van der Waals surface area contributed by atoms with Crippen LogP contribution in [0.25, 0.3) is 28.0 Å². The van der Waals surface area contributed by atoms with Crippen molar-refractivity contribution < 1.29 is 9.53 Å². The summed E-state index contributed by atoms with van der Waals surface area (Å²) in [5.74, 6) is 1.05. The third kappa shape index (κ3) is 5.67. The first-order valence-electron chi connectivity index (χ1n) is 13.8. The Labute approximate surface area is 231 Å². The fourth-order valence-corrected chi connectivity index (χ4v) is 6.53. The van der Waals surface area contributed by atoms with Crippen LogP contribution in [0.4, 0.5) is 5.82 Å². The fraction of sp³-hybridized carbons (Fsp3) is 0.483. The van der Waals surface area contributed by atoms with Crippen LogP contribution in [0.1, 0.15) is 37.8 Å². The summed E-state index contributed by atoms with van der Waals surface area (Å²) in [6, 6.07) is 2.90. The summed E-state index contributed by atoms with van der Waals surface area (Å²) in [4.78, 5) is 32.2. The van der Waals surface area contributed by atoms with Crippen LogP contribution in [0.5, 0.6) is 0 Å². The number of carbonyl (C=O) groups is 1. The van der Waals surface area contributed by atoms with Crippen molar-refractivity contribution in [2.45, 2.75) is 64.5 Å². The van der Waals surface area contributed by atoms with Crippen LogP contribution < -0.4 is 5.73 Å². The van der Waals surface area contributed by atoms with Gasteiger partial charge in [-0.3, -0.25) is 4.79 Å². The lowest BCUT2D eigenvalue weighted by Crippen LogP contribution is -2.43. The van der Waals surface area contributed by atoms with E-state index in [2.05, 4.69) is 56.8 Å². The third-order valence-electron chi connectivity index (χ3n) is 8.20. The molecular formula is C29H39N7O2Si. The summed E-state index contributed by atoms with van der Waals surface area (Å²) in [5, 5.41) is 0.768. The number of anilines is 1. The van der Waals surface area contributed by atoms with Gasteiger partial charge in [-0.1, -0.05) is 32.3 Å². The Kier molecular flexibility index (Phi) is 7.68. The van der Waals surface area contributed by atoms with E-state index in [0.717, 1.165) is 73.5 Å². The summed E-state index contributed by atoms with van der Waals surface area (Å²) < 4.78 is 8.40. The van der Waals surface area contributed by atoms with Gasteiger partial charge in [-0.05, 0) is 61.3 Å². The maximum atomic E-state index is 12.1. The van der Waals surface area contributed by atoms with Gasteiger partial charge in [0.15, 0.2) is 5.82 Å².